The van der Waals surface area contributed by atoms with Crippen molar-refractivity contribution in [2.24, 2.45) is 0 Å². The molecule has 0 bridgehead atoms. The molecule has 4 heteroatoms. The smallest absolute Gasteiger partial charge is 0.183 e. The zero-order valence-corrected chi connectivity index (χ0v) is 14.9. The van der Waals surface area contributed by atoms with Gasteiger partial charge in [-0.1, -0.05) is 36.4 Å². The highest BCUT2D eigenvalue weighted by molar-refractivity contribution is 5.98. The number of rotatable bonds is 2. The predicted octanol–water partition coefficient (Wildman–Crippen LogP) is 4.72. The SMILES string of the molecule is Cc1cc(C)n(-c2nnc(-c3ccc(C)c(C)c3)c3ccccc23)n1. The van der Waals surface area contributed by atoms with Crippen LogP contribution in [0.4, 0.5) is 0 Å². The van der Waals surface area contributed by atoms with Gasteiger partial charge in [0.15, 0.2) is 5.82 Å². The summed E-state index contributed by atoms with van der Waals surface area (Å²) in [5.74, 6) is 0.772. The van der Waals surface area contributed by atoms with E-state index in [-0.39, 0.29) is 0 Å². The van der Waals surface area contributed by atoms with Gasteiger partial charge in [0, 0.05) is 22.0 Å². The molecule has 2 aromatic carbocycles. The topological polar surface area (TPSA) is 43.6 Å². The first-order valence-corrected chi connectivity index (χ1v) is 8.41. The largest absolute Gasteiger partial charge is 0.217 e. The Balaban J connectivity index is 1.99. The number of fused-ring (bicyclic) bond motifs is 1. The van der Waals surface area contributed by atoms with Gasteiger partial charge in [-0.3, -0.25) is 0 Å². The van der Waals surface area contributed by atoms with Gasteiger partial charge in [0.1, 0.15) is 5.69 Å². The average molecular weight is 328 g/mol. The molecule has 0 aliphatic rings. The first-order chi connectivity index (χ1) is 12.0. The lowest BCUT2D eigenvalue weighted by molar-refractivity contribution is 0.792. The van der Waals surface area contributed by atoms with Crippen molar-refractivity contribution >= 4 is 10.8 Å². The van der Waals surface area contributed by atoms with Crippen LogP contribution in [0.2, 0.25) is 0 Å². The van der Waals surface area contributed by atoms with Crippen LogP contribution in [-0.2, 0) is 0 Å². The summed E-state index contributed by atoms with van der Waals surface area (Å²) in [4.78, 5) is 0. The Hall–Kier alpha value is -3.01. The lowest BCUT2D eigenvalue weighted by Crippen LogP contribution is -2.05. The van der Waals surface area contributed by atoms with Gasteiger partial charge < -0.3 is 0 Å². The second kappa shape index (κ2) is 5.81. The molecule has 4 rings (SSSR count). The van der Waals surface area contributed by atoms with Crippen molar-refractivity contribution in [1.29, 1.82) is 0 Å². The molecule has 25 heavy (non-hydrogen) atoms. The Kier molecular flexibility index (Phi) is 3.61. The summed E-state index contributed by atoms with van der Waals surface area (Å²) in [7, 11) is 0. The normalized spacial score (nSPS) is 11.2. The van der Waals surface area contributed by atoms with E-state index in [1.807, 2.05) is 36.7 Å². The number of hydrogen-bond acceptors (Lipinski definition) is 3. The van der Waals surface area contributed by atoms with Gasteiger partial charge in [0.2, 0.25) is 0 Å². The molecule has 2 aromatic heterocycles. The lowest BCUT2D eigenvalue weighted by Gasteiger charge is -2.11. The Morgan fingerprint density at radius 2 is 1.52 bits per heavy atom. The summed E-state index contributed by atoms with van der Waals surface area (Å²) < 4.78 is 1.87. The van der Waals surface area contributed by atoms with Crippen molar-refractivity contribution in [3.63, 3.8) is 0 Å². The first-order valence-electron chi connectivity index (χ1n) is 8.41. The van der Waals surface area contributed by atoms with Crippen LogP contribution in [0.5, 0.6) is 0 Å². The summed E-state index contributed by atoms with van der Waals surface area (Å²) in [6, 6.07) is 16.7. The third-order valence-electron chi connectivity index (χ3n) is 4.66. The predicted molar refractivity (Wildman–Crippen MR) is 101 cm³/mol. The summed E-state index contributed by atoms with van der Waals surface area (Å²) in [5.41, 5.74) is 6.56. The average Bonchev–Trinajstić information content (AvgIpc) is 2.94. The first kappa shape index (κ1) is 15.5. The number of nitrogens with zero attached hydrogens (tertiary/aromatic N) is 4. The van der Waals surface area contributed by atoms with E-state index in [2.05, 4.69) is 59.5 Å². The van der Waals surface area contributed by atoms with Crippen molar-refractivity contribution in [2.75, 3.05) is 0 Å². The van der Waals surface area contributed by atoms with E-state index >= 15 is 0 Å². The molecule has 0 fully saturated rings. The standard InChI is InChI=1S/C21H20N4/c1-13-9-10-17(11-14(13)2)20-18-7-5-6-8-19(18)21(23-22-20)25-16(4)12-15(3)24-25/h5-12H,1-4H3. The van der Waals surface area contributed by atoms with Crippen molar-refractivity contribution in [2.45, 2.75) is 27.7 Å². The van der Waals surface area contributed by atoms with Gasteiger partial charge in [-0.25, -0.2) is 4.68 Å². The van der Waals surface area contributed by atoms with Gasteiger partial charge >= 0.3 is 0 Å². The summed E-state index contributed by atoms with van der Waals surface area (Å²) >= 11 is 0. The highest BCUT2D eigenvalue weighted by Gasteiger charge is 2.14. The van der Waals surface area contributed by atoms with Crippen LogP contribution >= 0.6 is 0 Å². The van der Waals surface area contributed by atoms with Crippen molar-refractivity contribution in [1.82, 2.24) is 20.0 Å². The molecule has 4 aromatic rings. The molecule has 0 N–H and O–H groups in total. The highest BCUT2D eigenvalue weighted by atomic mass is 15.3. The van der Waals surface area contributed by atoms with Crippen LogP contribution < -0.4 is 0 Å². The number of aromatic nitrogens is 4. The van der Waals surface area contributed by atoms with E-state index in [0.29, 0.717) is 0 Å². The third kappa shape index (κ3) is 2.60. The number of hydrogen-bond donors (Lipinski definition) is 0. The van der Waals surface area contributed by atoms with E-state index in [1.165, 1.54) is 11.1 Å². The Bertz CT molecular complexity index is 1090. The molecule has 4 nitrogen and oxygen atoms in total. The molecule has 2 heterocycles. The van der Waals surface area contributed by atoms with Crippen LogP contribution in [0.1, 0.15) is 22.5 Å². The van der Waals surface area contributed by atoms with E-state index in [9.17, 15) is 0 Å². The van der Waals surface area contributed by atoms with Gasteiger partial charge in [0.05, 0.1) is 5.69 Å². The highest BCUT2D eigenvalue weighted by Crippen LogP contribution is 2.30. The maximum atomic E-state index is 4.57. The molecule has 0 saturated carbocycles. The van der Waals surface area contributed by atoms with Gasteiger partial charge in [-0.2, -0.15) is 5.10 Å². The molecule has 0 atom stereocenters. The minimum absolute atomic E-state index is 0.772. The Labute approximate surface area is 147 Å². The quantitative estimate of drug-likeness (QED) is 0.535. The summed E-state index contributed by atoms with van der Waals surface area (Å²) in [6.45, 7) is 8.27. The molecule has 0 spiro atoms. The second-order valence-corrected chi connectivity index (χ2v) is 6.56. The minimum Gasteiger partial charge on any atom is -0.217 e. The van der Waals surface area contributed by atoms with Crippen molar-refractivity contribution in [3.05, 3.63) is 71.0 Å². The van der Waals surface area contributed by atoms with E-state index in [4.69, 9.17) is 0 Å². The molecule has 0 aliphatic carbocycles. The maximum Gasteiger partial charge on any atom is 0.183 e. The molecule has 0 unspecified atom stereocenters. The maximum absolute atomic E-state index is 4.57. The van der Waals surface area contributed by atoms with Gasteiger partial charge in [0.25, 0.3) is 0 Å². The van der Waals surface area contributed by atoms with Crippen LogP contribution in [-0.4, -0.2) is 20.0 Å². The van der Waals surface area contributed by atoms with Gasteiger partial charge in [-0.15, -0.1) is 10.2 Å². The van der Waals surface area contributed by atoms with Crippen LogP contribution in [0.25, 0.3) is 27.8 Å². The van der Waals surface area contributed by atoms with E-state index in [1.54, 1.807) is 0 Å². The van der Waals surface area contributed by atoms with Crippen molar-refractivity contribution < 1.29 is 0 Å². The number of aryl methyl sites for hydroxylation is 4. The van der Waals surface area contributed by atoms with Crippen molar-refractivity contribution in [3.8, 4) is 17.1 Å². The lowest BCUT2D eigenvalue weighted by atomic mass is 10.0. The van der Waals surface area contributed by atoms with Crippen LogP contribution in [0, 0.1) is 27.7 Å². The van der Waals surface area contributed by atoms with E-state index in [0.717, 1.165) is 39.2 Å². The molecule has 0 amide bonds. The number of benzene rings is 2. The monoisotopic (exact) mass is 328 g/mol. The molecule has 0 aliphatic heterocycles. The van der Waals surface area contributed by atoms with Crippen LogP contribution in [0.15, 0.2) is 48.5 Å². The zero-order valence-electron chi connectivity index (χ0n) is 14.9. The third-order valence-corrected chi connectivity index (χ3v) is 4.66. The van der Waals surface area contributed by atoms with Gasteiger partial charge in [-0.05, 0) is 51.0 Å². The van der Waals surface area contributed by atoms with Crippen LogP contribution in [0.3, 0.4) is 0 Å². The Morgan fingerprint density at radius 1 is 0.760 bits per heavy atom. The molecule has 0 radical (unpaired) electrons. The fraction of sp³-hybridized carbons (Fsp3) is 0.190. The molecular formula is C21H20N4. The Morgan fingerprint density at radius 3 is 2.20 bits per heavy atom. The summed E-state index contributed by atoms with van der Waals surface area (Å²) in [6.07, 6.45) is 0. The molecular weight excluding hydrogens is 308 g/mol. The minimum atomic E-state index is 0.772. The molecule has 0 saturated heterocycles. The second-order valence-electron chi connectivity index (χ2n) is 6.56. The zero-order chi connectivity index (χ0) is 17.6. The fourth-order valence-electron chi connectivity index (χ4n) is 3.19. The molecule has 124 valence electrons. The summed E-state index contributed by atoms with van der Waals surface area (Å²) in [5, 5.41) is 15.8. The van der Waals surface area contributed by atoms with E-state index < -0.39 is 0 Å². The fourth-order valence-corrected chi connectivity index (χ4v) is 3.19.